The molecular weight excluding hydrogens is 244 g/mol. The molecule has 1 fully saturated rings. The van der Waals surface area contributed by atoms with Crippen molar-refractivity contribution >= 4 is 0 Å². The van der Waals surface area contributed by atoms with Gasteiger partial charge < -0.3 is 20.3 Å². The summed E-state index contributed by atoms with van der Waals surface area (Å²) in [5, 5.41) is 22.6. The largest absolute Gasteiger partial charge is 0.508 e. The lowest BCUT2D eigenvalue weighted by Crippen LogP contribution is -2.40. The summed E-state index contributed by atoms with van der Waals surface area (Å²) < 4.78 is 5.29. The van der Waals surface area contributed by atoms with Crippen LogP contribution in [0.5, 0.6) is 5.75 Å². The Morgan fingerprint density at radius 3 is 2.84 bits per heavy atom. The predicted molar refractivity (Wildman–Crippen MR) is 73.2 cm³/mol. The quantitative estimate of drug-likeness (QED) is 0.648. The van der Waals surface area contributed by atoms with E-state index < -0.39 is 6.10 Å². The molecule has 0 spiro atoms. The summed E-state index contributed by atoms with van der Waals surface area (Å²) in [7, 11) is 0. The Kier molecular flexibility index (Phi) is 5.60. The Morgan fingerprint density at radius 2 is 2.11 bits per heavy atom. The van der Waals surface area contributed by atoms with Gasteiger partial charge in [0.1, 0.15) is 5.75 Å². The number of phenols is 1. The first-order valence-corrected chi connectivity index (χ1v) is 6.73. The Morgan fingerprint density at radius 1 is 1.32 bits per heavy atom. The van der Waals surface area contributed by atoms with E-state index in [4.69, 9.17) is 4.74 Å². The molecule has 19 heavy (non-hydrogen) atoms. The third kappa shape index (κ3) is 4.80. The monoisotopic (exact) mass is 266 g/mol. The first-order chi connectivity index (χ1) is 9.25. The zero-order chi connectivity index (χ0) is 13.5. The van der Waals surface area contributed by atoms with E-state index >= 15 is 0 Å². The molecule has 1 aliphatic heterocycles. The number of aromatic hydroxyl groups is 1. The number of benzene rings is 1. The molecule has 1 atom stereocenters. The molecule has 2 rings (SSSR count). The van der Waals surface area contributed by atoms with Crippen molar-refractivity contribution in [1.29, 1.82) is 0 Å². The number of rotatable bonds is 6. The lowest BCUT2D eigenvalue weighted by atomic mass is 10.1. The summed E-state index contributed by atoms with van der Waals surface area (Å²) in [5.41, 5.74) is 0.735. The number of phenolic OH excluding ortho intramolecular Hbond substituents is 1. The number of nitrogens with one attached hydrogen (secondary N) is 1. The maximum absolute atomic E-state index is 9.97. The second-order valence-electron chi connectivity index (χ2n) is 4.77. The summed E-state index contributed by atoms with van der Waals surface area (Å²) in [6.45, 7) is 5.89. The van der Waals surface area contributed by atoms with Gasteiger partial charge in [0, 0.05) is 32.7 Å². The molecule has 5 nitrogen and oxygen atoms in total. The molecule has 1 heterocycles. The Balaban J connectivity index is 1.64. The SMILES string of the molecule is Oc1cccc(C(O)CNCCN2CCOCC2)c1. The average Bonchev–Trinajstić information content (AvgIpc) is 2.44. The van der Waals surface area contributed by atoms with Crippen molar-refractivity contribution in [3.05, 3.63) is 29.8 Å². The van der Waals surface area contributed by atoms with Crippen LogP contribution in [0.1, 0.15) is 11.7 Å². The van der Waals surface area contributed by atoms with Crippen LogP contribution in [0.15, 0.2) is 24.3 Å². The van der Waals surface area contributed by atoms with Gasteiger partial charge >= 0.3 is 0 Å². The fraction of sp³-hybridized carbons (Fsp3) is 0.571. The van der Waals surface area contributed by atoms with Crippen LogP contribution in [-0.2, 0) is 4.74 Å². The van der Waals surface area contributed by atoms with Crippen LogP contribution in [-0.4, -0.2) is 61.1 Å². The fourth-order valence-electron chi connectivity index (χ4n) is 2.15. The van der Waals surface area contributed by atoms with Gasteiger partial charge in [-0.15, -0.1) is 0 Å². The average molecular weight is 266 g/mol. The van der Waals surface area contributed by atoms with E-state index in [1.807, 2.05) is 6.07 Å². The van der Waals surface area contributed by atoms with Crippen LogP contribution in [0.2, 0.25) is 0 Å². The molecule has 0 aromatic heterocycles. The van der Waals surface area contributed by atoms with Gasteiger partial charge in [-0.05, 0) is 17.7 Å². The van der Waals surface area contributed by atoms with E-state index in [0.717, 1.165) is 45.0 Å². The van der Waals surface area contributed by atoms with E-state index in [9.17, 15) is 10.2 Å². The smallest absolute Gasteiger partial charge is 0.115 e. The Bertz CT molecular complexity index is 381. The van der Waals surface area contributed by atoms with Crippen molar-refractivity contribution in [1.82, 2.24) is 10.2 Å². The van der Waals surface area contributed by atoms with Crippen LogP contribution in [0, 0.1) is 0 Å². The number of aliphatic hydroxyl groups excluding tert-OH is 1. The van der Waals surface area contributed by atoms with Gasteiger partial charge in [-0.3, -0.25) is 4.90 Å². The molecule has 1 saturated heterocycles. The summed E-state index contributed by atoms with van der Waals surface area (Å²) in [6.07, 6.45) is -0.586. The Labute approximate surface area is 113 Å². The van der Waals surface area contributed by atoms with E-state index in [2.05, 4.69) is 10.2 Å². The molecule has 0 aliphatic carbocycles. The van der Waals surface area contributed by atoms with E-state index in [1.54, 1.807) is 18.2 Å². The maximum atomic E-state index is 9.97. The van der Waals surface area contributed by atoms with Crippen molar-refractivity contribution in [2.45, 2.75) is 6.10 Å². The topological polar surface area (TPSA) is 65.0 Å². The predicted octanol–water partition coefficient (Wildman–Crippen LogP) is 0.347. The van der Waals surface area contributed by atoms with Crippen LogP contribution >= 0.6 is 0 Å². The van der Waals surface area contributed by atoms with E-state index in [0.29, 0.717) is 6.54 Å². The van der Waals surface area contributed by atoms with Crippen molar-refractivity contribution in [3.63, 3.8) is 0 Å². The first-order valence-electron chi connectivity index (χ1n) is 6.73. The van der Waals surface area contributed by atoms with Crippen LogP contribution in [0.4, 0.5) is 0 Å². The summed E-state index contributed by atoms with van der Waals surface area (Å²) in [6, 6.07) is 6.74. The molecular formula is C14H22N2O3. The van der Waals surface area contributed by atoms with Crippen molar-refractivity contribution < 1.29 is 14.9 Å². The minimum Gasteiger partial charge on any atom is -0.508 e. The van der Waals surface area contributed by atoms with Crippen LogP contribution < -0.4 is 5.32 Å². The molecule has 3 N–H and O–H groups in total. The first kappa shape index (κ1) is 14.3. The minimum atomic E-state index is -0.586. The minimum absolute atomic E-state index is 0.185. The van der Waals surface area contributed by atoms with E-state index in [-0.39, 0.29) is 5.75 Å². The molecule has 1 aromatic rings. The zero-order valence-corrected chi connectivity index (χ0v) is 11.1. The standard InChI is InChI=1S/C14H22N2O3/c17-13-3-1-2-12(10-13)14(18)11-15-4-5-16-6-8-19-9-7-16/h1-3,10,14-15,17-18H,4-9,11H2. The van der Waals surface area contributed by atoms with E-state index in [1.165, 1.54) is 0 Å². The van der Waals surface area contributed by atoms with Gasteiger partial charge in [0.15, 0.2) is 0 Å². The molecule has 0 bridgehead atoms. The fourth-order valence-corrected chi connectivity index (χ4v) is 2.15. The Hall–Kier alpha value is -1.14. The highest BCUT2D eigenvalue weighted by molar-refractivity contribution is 5.28. The lowest BCUT2D eigenvalue weighted by molar-refractivity contribution is 0.0380. The number of nitrogens with zero attached hydrogens (tertiary/aromatic N) is 1. The zero-order valence-electron chi connectivity index (χ0n) is 11.1. The van der Waals surface area contributed by atoms with Gasteiger partial charge in [0.2, 0.25) is 0 Å². The normalized spacial score (nSPS) is 18.4. The summed E-state index contributed by atoms with van der Waals surface area (Å²) in [5.74, 6) is 0.185. The van der Waals surface area contributed by atoms with Gasteiger partial charge in [-0.2, -0.15) is 0 Å². The number of morpholine rings is 1. The summed E-state index contributed by atoms with van der Waals surface area (Å²) in [4.78, 5) is 2.34. The second-order valence-corrected chi connectivity index (χ2v) is 4.77. The molecule has 0 radical (unpaired) electrons. The molecule has 1 aliphatic rings. The van der Waals surface area contributed by atoms with Gasteiger partial charge in [0.25, 0.3) is 0 Å². The van der Waals surface area contributed by atoms with Crippen LogP contribution in [0.25, 0.3) is 0 Å². The van der Waals surface area contributed by atoms with Gasteiger partial charge in [-0.25, -0.2) is 0 Å². The highest BCUT2D eigenvalue weighted by Gasteiger charge is 2.10. The van der Waals surface area contributed by atoms with Crippen molar-refractivity contribution in [2.75, 3.05) is 45.9 Å². The third-order valence-corrected chi connectivity index (χ3v) is 3.30. The van der Waals surface area contributed by atoms with Crippen molar-refractivity contribution in [2.24, 2.45) is 0 Å². The van der Waals surface area contributed by atoms with Crippen LogP contribution in [0.3, 0.4) is 0 Å². The maximum Gasteiger partial charge on any atom is 0.115 e. The molecule has 1 unspecified atom stereocenters. The number of hydrogen-bond acceptors (Lipinski definition) is 5. The molecule has 106 valence electrons. The molecule has 0 amide bonds. The number of ether oxygens (including phenoxy) is 1. The highest BCUT2D eigenvalue weighted by atomic mass is 16.5. The molecule has 1 aromatic carbocycles. The number of hydrogen-bond donors (Lipinski definition) is 3. The molecule has 0 saturated carbocycles. The second kappa shape index (κ2) is 7.45. The molecule has 5 heteroatoms. The van der Waals surface area contributed by atoms with Gasteiger partial charge in [-0.1, -0.05) is 12.1 Å². The lowest BCUT2D eigenvalue weighted by Gasteiger charge is -2.26. The number of aliphatic hydroxyl groups is 1. The van der Waals surface area contributed by atoms with Crippen molar-refractivity contribution in [3.8, 4) is 5.75 Å². The third-order valence-electron chi connectivity index (χ3n) is 3.30. The van der Waals surface area contributed by atoms with Gasteiger partial charge in [0.05, 0.1) is 19.3 Å². The highest BCUT2D eigenvalue weighted by Crippen LogP contribution is 2.17. The summed E-state index contributed by atoms with van der Waals surface area (Å²) >= 11 is 0.